The second kappa shape index (κ2) is 14.0. The van der Waals surface area contributed by atoms with Crippen molar-refractivity contribution in [3.63, 3.8) is 0 Å². The van der Waals surface area contributed by atoms with Gasteiger partial charge in [-0.25, -0.2) is 0 Å². The molecule has 0 bridgehead atoms. The first-order chi connectivity index (χ1) is 19.0. The molecule has 4 rings (SSSR count). The lowest BCUT2D eigenvalue weighted by Gasteiger charge is -2.07. The predicted molar refractivity (Wildman–Crippen MR) is 152 cm³/mol. The summed E-state index contributed by atoms with van der Waals surface area (Å²) in [6, 6.07) is 23.7. The molecular formula is C32H33NO6. The molecule has 0 saturated heterocycles. The van der Waals surface area contributed by atoms with E-state index in [0.29, 0.717) is 38.3 Å². The Morgan fingerprint density at radius 2 is 1.62 bits per heavy atom. The standard InChI is InChI=1S/C32H33NO6/c34-30(35)11-5-18-33-22-27(21-31(36)37)32-26(9-4-10-29(32)33)15-12-24-13-16-28(17-14-24)39-20-6-19-38-23-25-7-2-1-3-8-25/h1-4,7-10,12-17,22H,5-6,11,18-21,23H2,(H,34,35)(H,36,37)/b15-12+. The summed E-state index contributed by atoms with van der Waals surface area (Å²) < 4.78 is 13.5. The van der Waals surface area contributed by atoms with E-state index in [2.05, 4.69) is 0 Å². The molecule has 0 saturated carbocycles. The Bertz CT molecular complexity index is 1410. The van der Waals surface area contributed by atoms with E-state index in [4.69, 9.17) is 14.6 Å². The van der Waals surface area contributed by atoms with Crippen molar-refractivity contribution in [1.29, 1.82) is 0 Å². The van der Waals surface area contributed by atoms with Gasteiger partial charge in [0.25, 0.3) is 0 Å². The number of hydrogen-bond donors (Lipinski definition) is 2. The highest BCUT2D eigenvalue weighted by Gasteiger charge is 2.14. The number of carboxylic acid groups (broad SMARTS) is 2. The van der Waals surface area contributed by atoms with E-state index >= 15 is 0 Å². The summed E-state index contributed by atoms with van der Waals surface area (Å²) in [5, 5.41) is 19.3. The van der Waals surface area contributed by atoms with Gasteiger partial charge >= 0.3 is 11.9 Å². The van der Waals surface area contributed by atoms with Crippen LogP contribution in [0, 0.1) is 0 Å². The highest BCUT2D eigenvalue weighted by molar-refractivity contribution is 5.96. The minimum atomic E-state index is -0.906. The van der Waals surface area contributed by atoms with Crippen molar-refractivity contribution in [2.45, 2.75) is 38.8 Å². The molecule has 0 aliphatic rings. The van der Waals surface area contributed by atoms with Gasteiger partial charge in [0.05, 0.1) is 26.2 Å². The Morgan fingerprint density at radius 1 is 0.821 bits per heavy atom. The van der Waals surface area contributed by atoms with Crippen LogP contribution in [0.15, 0.2) is 79.0 Å². The highest BCUT2D eigenvalue weighted by Crippen LogP contribution is 2.28. The van der Waals surface area contributed by atoms with Crippen LogP contribution >= 0.6 is 0 Å². The average Bonchev–Trinajstić information content (AvgIpc) is 3.27. The van der Waals surface area contributed by atoms with Gasteiger partial charge in [0, 0.05) is 36.5 Å². The Morgan fingerprint density at radius 3 is 2.36 bits per heavy atom. The van der Waals surface area contributed by atoms with Gasteiger partial charge in [-0.1, -0.05) is 66.7 Å². The third-order valence-corrected chi connectivity index (χ3v) is 6.30. The molecule has 3 aromatic carbocycles. The van der Waals surface area contributed by atoms with E-state index in [1.165, 1.54) is 0 Å². The van der Waals surface area contributed by atoms with Crippen LogP contribution in [0.25, 0.3) is 23.1 Å². The minimum Gasteiger partial charge on any atom is -0.494 e. The Labute approximate surface area is 227 Å². The zero-order valence-electron chi connectivity index (χ0n) is 21.8. The Hall–Kier alpha value is -4.36. The first kappa shape index (κ1) is 27.7. The maximum Gasteiger partial charge on any atom is 0.307 e. The van der Waals surface area contributed by atoms with Crippen LogP contribution in [0.2, 0.25) is 0 Å². The van der Waals surface area contributed by atoms with E-state index in [9.17, 15) is 14.7 Å². The predicted octanol–water partition coefficient (Wildman–Crippen LogP) is 6.29. The Kier molecular flexibility index (Phi) is 9.92. The van der Waals surface area contributed by atoms with Gasteiger partial charge in [-0.3, -0.25) is 9.59 Å². The normalized spacial score (nSPS) is 11.3. The van der Waals surface area contributed by atoms with Crippen molar-refractivity contribution >= 4 is 35.0 Å². The van der Waals surface area contributed by atoms with E-state index in [1.54, 1.807) is 0 Å². The molecule has 202 valence electrons. The van der Waals surface area contributed by atoms with Crippen LogP contribution in [-0.2, 0) is 33.9 Å². The van der Waals surface area contributed by atoms with Crippen LogP contribution in [0.1, 0.15) is 41.5 Å². The van der Waals surface area contributed by atoms with Crippen LogP contribution in [0.4, 0.5) is 0 Å². The number of carbonyl (C=O) groups is 2. The fraction of sp³-hybridized carbons (Fsp3) is 0.250. The number of fused-ring (bicyclic) bond motifs is 1. The van der Waals surface area contributed by atoms with Gasteiger partial charge in [0.2, 0.25) is 0 Å². The smallest absolute Gasteiger partial charge is 0.307 e. The van der Waals surface area contributed by atoms with Crippen LogP contribution in [0.5, 0.6) is 5.75 Å². The number of carboxylic acids is 2. The van der Waals surface area contributed by atoms with Crippen LogP contribution < -0.4 is 4.74 Å². The molecule has 0 spiro atoms. The van der Waals surface area contributed by atoms with Gasteiger partial charge in [0.15, 0.2) is 0 Å². The van der Waals surface area contributed by atoms with E-state index < -0.39 is 11.9 Å². The van der Waals surface area contributed by atoms with Crippen LogP contribution in [0.3, 0.4) is 0 Å². The molecule has 0 aliphatic heterocycles. The largest absolute Gasteiger partial charge is 0.494 e. The lowest BCUT2D eigenvalue weighted by molar-refractivity contribution is -0.137. The SMILES string of the molecule is O=C(O)CCCn1cc(CC(=O)O)c2c(/C=C/c3ccc(OCCCOCc4ccccc4)cc3)cccc21. The number of hydrogen-bond acceptors (Lipinski definition) is 4. The number of aryl methyl sites for hydroxylation is 1. The van der Waals surface area contributed by atoms with Crippen molar-refractivity contribution < 1.29 is 29.3 Å². The van der Waals surface area contributed by atoms with Crippen molar-refractivity contribution in [3.8, 4) is 5.75 Å². The van der Waals surface area contributed by atoms with Gasteiger partial charge < -0.3 is 24.3 Å². The van der Waals surface area contributed by atoms with Crippen molar-refractivity contribution in [2.24, 2.45) is 0 Å². The molecule has 0 unspecified atom stereocenters. The number of aromatic nitrogens is 1. The summed E-state index contributed by atoms with van der Waals surface area (Å²) >= 11 is 0. The lowest BCUT2D eigenvalue weighted by Crippen LogP contribution is -2.03. The van der Waals surface area contributed by atoms with Gasteiger partial charge in [-0.15, -0.1) is 0 Å². The molecular weight excluding hydrogens is 494 g/mol. The number of nitrogens with zero attached hydrogens (tertiary/aromatic N) is 1. The summed E-state index contributed by atoms with van der Waals surface area (Å²) in [4.78, 5) is 22.4. The molecule has 1 aromatic heterocycles. The van der Waals surface area contributed by atoms with Gasteiger partial charge in [-0.2, -0.15) is 0 Å². The van der Waals surface area contributed by atoms with Crippen molar-refractivity contribution in [2.75, 3.05) is 13.2 Å². The van der Waals surface area contributed by atoms with Crippen molar-refractivity contribution in [3.05, 3.63) is 101 Å². The third kappa shape index (κ3) is 8.32. The molecule has 1 heterocycles. The zero-order valence-corrected chi connectivity index (χ0v) is 21.8. The van der Waals surface area contributed by atoms with Gasteiger partial charge in [-0.05, 0) is 46.9 Å². The number of benzene rings is 3. The quantitative estimate of drug-likeness (QED) is 0.139. The molecule has 0 radical (unpaired) electrons. The summed E-state index contributed by atoms with van der Waals surface area (Å²) in [5.41, 5.74) is 4.67. The molecule has 0 fully saturated rings. The molecule has 39 heavy (non-hydrogen) atoms. The fourth-order valence-electron chi connectivity index (χ4n) is 4.47. The first-order valence-corrected chi connectivity index (χ1v) is 13.1. The maximum atomic E-state index is 11.5. The summed E-state index contributed by atoms with van der Waals surface area (Å²) in [6.45, 7) is 2.31. The third-order valence-electron chi connectivity index (χ3n) is 6.30. The van der Waals surface area contributed by atoms with E-state index in [1.807, 2.05) is 95.7 Å². The number of rotatable bonds is 15. The maximum absolute atomic E-state index is 11.5. The average molecular weight is 528 g/mol. The van der Waals surface area contributed by atoms with Crippen LogP contribution in [-0.4, -0.2) is 39.9 Å². The molecule has 7 nitrogen and oxygen atoms in total. The fourth-order valence-corrected chi connectivity index (χ4v) is 4.47. The van der Waals surface area contributed by atoms with Gasteiger partial charge in [0.1, 0.15) is 5.75 Å². The summed E-state index contributed by atoms with van der Waals surface area (Å²) in [5.74, 6) is -0.957. The number of aliphatic carboxylic acids is 2. The first-order valence-electron chi connectivity index (χ1n) is 13.1. The molecule has 2 N–H and O–H groups in total. The minimum absolute atomic E-state index is 0.0648. The summed E-state index contributed by atoms with van der Waals surface area (Å²) in [6.07, 6.45) is 7.04. The molecule has 0 amide bonds. The lowest BCUT2D eigenvalue weighted by atomic mass is 10.0. The van der Waals surface area contributed by atoms with E-state index in [0.717, 1.165) is 39.8 Å². The number of ether oxygens (including phenoxy) is 2. The monoisotopic (exact) mass is 527 g/mol. The highest BCUT2D eigenvalue weighted by atomic mass is 16.5. The second-order valence-corrected chi connectivity index (χ2v) is 9.30. The zero-order chi connectivity index (χ0) is 27.5. The molecule has 0 aliphatic carbocycles. The molecule has 0 atom stereocenters. The Balaban J connectivity index is 1.36. The topological polar surface area (TPSA) is 98.0 Å². The molecule has 4 aromatic rings. The molecule has 7 heteroatoms. The second-order valence-electron chi connectivity index (χ2n) is 9.30. The summed E-state index contributed by atoms with van der Waals surface area (Å²) in [7, 11) is 0. The van der Waals surface area contributed by atoms with Crippen molar-refractivity contribution in [1.82, 2.24) is 4.57 Å². The van der Waals surface area contributed by atoms with E-state index in [-0.39, 0.29) is 12.8 Å².